The molecule has 0 saturated carbocycles. The van der Waals surface area contributed by atoms with E-state index in [0.717, 1.165) is 31.2 Å². The second-order valence-corrected chi connectivity index (χ2v) is 6.51. The third-order valence-corrected chi connectivity index (χ3v) is 4.56. The number of hydrogen-bond acceptors (Lipinski definition) is 2. The first kappa shape index (κ1) is 16.8. The lowest BCUT2D eigenvalue weighted by Gasteiger charge is -2.20. The zero-order chi connectivity index (χ0) is 16.9. The van der Waals surface area contributed by atoms with Gasteiger partial charge in [0.1, 0.15) is 5.75 Å². The average molecular weight is 344 g/mol. The van der Waals surface area contributed by atoms with Crippen molar-refractivity contribution >= 4 is 17.5 Å². The van der Waals surface area contributed by atoms with E-state index < -0.39 is 0 Å². The van der Waals surface area contributed by atoms with Crippen LogP contribution in [0.4, 0.5) is 0 Å². The van der Waals surface area contributed by atoms with E-state index in [1.54, 1.807) is 6.07 Å². The summed E-state index contributed by atoms with van der Waals surface area (Å²) >= 11 is 6.15. The van der Waals surface area contributed by atoms with E-state index >= 15 is 0 Å². The molecule has 1 heterocycles. The fourth-order valence-electron chi connectivity index (χ4n) is 2.97. The molecular weight excluding hydrogens is 322 g/mol. The number of carbonyl (C=O) groups is 1. The molecule has 24 heavy (non-hydrogen) atoms. The number of aryl methyl sites for hydroxylation is 2. The van der Waals surface area contributed by atoms with Gasteiger partial charge >= 0.3 is 0 Å². The van der Waals surface area contributed by atoms with Gasteiger partial charge in [0.05, 0.1) is 12.2 Å². The first-order valence-electron chi connectivity index (χ1n) is 8.48. The minimum atomic E-state index is -0.124. The lowest BCUT2D eigenvalue weighted by Crippen LogP contribution is -2.27. The highest BCUT2D eigenvalue weighted by Crippen LogP contribution is 2.32. The maximum absolute atomic E-state index is 12.5. The van der Waals surface area contributed by atoms with Crippen molar-refractivity contribution in [3.8, 4) is 5.75 Å². The van der Waals surface area contributed by atoms with Gasteiger partial charge in [-0.15, -0.1) is 0 Å². The van der Waals surface area contributed by atoms with Gasteiger partial charge in [-0.3, -0.25) is 4.79 Å². The fraction of sp³-hybridized carbons (Fsp3) is 0.350. The number of amides is 1. The average Bonchev–Trinajstić information content (AvgIpc) is 2.61. The summed E-state index contributed by atoms with van der Waals surface area (Å²) in [4.78, 5) is 12.5. The van der Waals surface area contributed by atoms with Gasteiger partial charge in [-0.05, 0) is 54.5 Å². The highest BCUT2D eigenvalue weighted by atomic mass is 35.5. The van der Waals surface area contributed by atoms with E-state index in [-0.39, 0.29) is 5.91 Å². The van der Waals surface area contributed by atoms with Gasteiger partial charge in [-0.1, -0.05) is 42.8 Å². The van der Waals surface area contributed by atoms with Crippen molar-refractivity contribution in [2.45, 2.75) is 32.6 Å². The van der Waals surface area contributed by atoms with Gasteiger partial charge in [-0.2, -0.15) is 0 Å². The fourth-order valence-corrected chi connectivity index (χ4v) is 3.21. The highest BCUT2D eigenvalue weighted by Gasteiger charge is 2.20. The molecule has 0 aromatic heterocycles. The molecule has 0 unspecified atom stereocenters. The Hall–Kier alpha value is -2.00. The van der Waals surface area contributed by atoms with Crippen LogP contribution in [0, 0.1) is 0 Å². The van der Waals surface area contributed by atoms with E-state index in [0.29, 0.717) is 29.5 Å². The van der Waals surface area contributed by atoms with E-state index in [1.165, 1.54) is 11.1 Å². The molecule has 2 aromatic carbocycles. The first-order valence-corrected chi connectivity index (χ1v) is 8.86. The lowest BCUT2D eigenvalue weighted by atomic mass is 10.0. The topological polar surface area (TPSA) is 38.3 Å². The summed E-state index contributed by atoms with van der Waals surface area (Å²) in [6.45, 7) is 3.38. The van der Waals surface area contributed by atoms with Gasteiger partial charge in [0.25, 0.3) is 5.91 Å². The number of rotatable bonds is 5. The van der Waals surface area contributed by atoms with Crippen LogP contribution in [0.5, 0.6) is 5.75 Å². The summed E-state index contributed by atoms with van der Waals surface area (Å²) in [6.07, 6.45) is 3.71. The van der Waals surface area contributed by atoms with Crippen LogP contribution in [0.3, 0.4) is 0 Å². The van der Waals surface area contributed by atoms with Gasteiger partial charge < -0.3 is 10.1 Å². The number of hydrogen-bond donors (Lipinski definition) is 1. The molecule has 0 bridgehead atoms. The van der Waals surface area contributed by atoms with Crippen LogP contribution in [0.2, 0.25) is 5.02 Å². The largest absolute Gasteiger partial charge is 0.492 e. The minimum absolute atomic E-state index is 0.124. The molecule has 3 rings (SSSR count). The van der Waals surface area contributed by atoms with Crippen molar-refractivity contribution in [3.63, 3.8) is 0 Å². The normalized spacial score (nSPS) is 13.1. The molecule has 2 aromatic rings. The van der Waals surface area contributed by atoms with Crippen LogP contribution in [-0.2, 0) is 19.3 Å². The molecule has 1 amide bonds. The Morgan fingerprint density at radius 2 is 1.96 bits per heavy atom. The van der Waals surface area contributed by atoms with Crippen molar-refractivity contribution in [1.82, 2.24) is 5.32 Å². The molecule has 1 N–H and O–H groups in total. The Morgan fingerprint density at radius 1 is 1.21 bits per heavy atom. The molecule has 0 radical (unpaired) electrons. The van der Waals surface area contributed by atoms with Crippen LogP contribution >= 0.6 is 11.6 Å². The quantitative estimate of drug-likeness (QED) is 0.883. The number of fused-ring (bicyclic) bond motifs is 1. The van der Waals surface area contributed by atoms with Gasteiger partial charge in [0.15, 0.2) is 0 Å². The zero-order valence-electron chi connectivity index (χ0n) is 13.9. The molecule has 0 atom stereocenters. The third kappa shape index (κ3) is 3.90. The van der Waals surface area contributed by atoms with Crippen molar-refractivity contribution in [2.24, 2.45) is 0 Å². The molecule has 1 aliphatic heterocycles. The second-order valence-electron chi connectivity index (χ2n) is 6.07. The zero-order valence-corrected chi connectivity index (χ0v) is 14.7. The Bertz CT molecular complexity index is 725. The van der Waals surface area contributed by atoms with Crippen LogP contribution in [0.1, 0.15) is 40.4 Å². The molecule has 0 spiro atoms. The number of benzene rings is 2. The van der Waals surface area contributed by atoms with E-state index in [9.17, 15) is 4.79 Å². The van der Waals surface area contributed by atoms with Crippen molar-refractivity contribution < 1.29 is 9.53 Å². The van der Waals surface area contributed by atoms with Crippen molar-refractivity contribution in [1.29, 1.82) is 0 Å². The monoisotopic (exact) mass is 343 g/mol. The first-order chi connectivity index (χ1) is 11.7. The van der Waals surface area contributed by atoms with E-state index in [2.05, 4.69) is 36.5 Å². The lowest BCUT2D eigenvalue weighted by molar-refractivity contribution is 0.0949. The molecule has 4 heteroatoms. The number of nitrogens with one attached hydrogen (secondary N) is 1. The maximum Gasteiger partial charge on any atom is 0.255 e. The maximum atomic E-state index is 12.5. The molecule has 3 nitrogen and oxygen atoms in total. The third-order valence-electron chi connectivity index (χ3n) is 4.34. The number of halogens is 1. The van der Waals surface area contributed by atoms with Crippen molar-refractivity contribution in [2.75, 3.05) is 13.2 Å². The Kier molecular flexibility index (Phi) is 5.41. The molecule has 0 fully saturated rings. The summed E-state index contributed by atoms with van der Waals surface area (Å²) in [5.74, 6) is 0.566. The van der Waals surface area contributed by atoms with Crippen LogP contribution in [0.15, 0.2) is 36.4 Å². The summed E-state index contributed by atoms with van der Waals surface area (Å²) < 4.78 is 5.70. The molecule has 126 valence electrons. The van der Waals surface area contributed by atoms with Crippen LogP contribution in [-0.4, -0.2) is 19.1 Å². The minimum Gasteiger partial charge on any atom is -0.492 e. The van der Waals surface area contributed by atoms with E-state index in [1.807, 2.05) is 6.07 Å². The predicted octanol–water partition coefficient (Wildman–Crippen LogP) is 4.20. The standard InChI is InChI=1S/C20H22ClNO2/c1-2-14-5-7-15(8-6-14)9-10-22-20(23)18-13-17(21)12-16-4-3-11-24-19(16)18/h5-8,12-13H,2-4,9-11H2,1H3,(H,22,23). The molecule has 1 aliphatic rings. The van der Waals surface area contributed by atoms with Gasteiger partial charge in [-0.25, -0.2) is 0 Å². The Balaban J connectivity index is 1.63. The molecule has 0 aliphatic carbocycles. The SMILES string of the molecule is CCc1ccc(CCNC(=O)c2cc(Cl)cc3c2OCCC3)cc1. The smallest absolute Gasteiger partial charge is 0.255 e. The van der Waals surface area contributed by atoms with Gasteiger partial charge in [0, 0.05) is 11.6 Å². The van der Waals surface area contributed by atoms with E-state index in [4.69, 9.17) is 16.3 Å². The van der Waals surface area contributed by atoms with Crippen molar-refractivity contribution in [3.05, 3.63) is 63.7 Å². The highest BCUT2D eigenvalue weighted by molar-refractivity contribution is 6.31. The van der Waals surface area contributed by atoms with Crippen LogP contribution < -0.4 is 10.1 Å². The van der Waals surface area contributed by atoms with Crippen LogP contribution in [0.25, 0.3) is 0 Å². The molecule has 0 saturated heterocycles. The van der Waals surface area contributed by atoms with Gasteiger partial charge in [0.2, 0.25) is 0 Å². The summed E-state index contributed by atoms with van der Waals surface area (Å²) in [5, 5.41) is 3.56. The summed E-state index contributed by atoms with van der Waals surface area (Å²) in [6, 6.07) is 12.1. The molecular formula is C20H22ClNO2. The summed E-state index contributed by atoms with van der Waals surface area (Å²) in [7, 11) is 0. The Labute approximate surface area is 148 Å². The summed E-state index contributed by atoms with van der Waals surface area (Å²) in [5.41, 5.74) is 4.11. The number of carbonyl (C=O) groups excluding carboxylic acids is 1. The Morgan fingerprint density at radius 3 is 2.71 bits per heavy atom. The second kappa shape index (κ2) is 7.71. The number of ether oxygens (including phenoxy) is 1. The predicted molar refractivity (Wildman–Crippen MR) is 97.1 cm³/mol.